The van der Waals surface area contributed by atoms with E-state index in [-0.39, 0.29) is 36.3 Å². The molecule has 2 atom stereocenters. The largest absolute Gasteiger partial charge is 0.462 e. The number of ether oxygens (including phenoxy) is 3. The summed E-state index contributed by atoms with van der Waals surface area (Å²) in [5.74, 6) is -0.00856. The van der Waals surface area contributed by atoms with Crippen molar-refractivity contribution in [3.8, 4) is 0 Å². The summed E-state index contributed by atoms with van der Waals surface area (Å²) in [5.41, 5.74) is -0.500. The Morgan fingerprint density at radius 3 is 2.29 bits per heavy atom. The van der Waals surface area contributed by atoms with Crippen LogP contribution in [0.2, 0.25) is 0 Å². The Kier molecular flexibility index (Phi) is 14.4. The smallest absolute Gasteiger partial charge is 0.323 e. The molecule has 1 aliphatic heterocycles. The molecule has 0 aliphatic carbocycles. The molecular formula is C17H37NO6. The molecule has 0 spiro atoms. The molecule has 0 saturated carbocycles. The van der Waals surface area contributed by atoms with Crippen molar-refractivity contribution < 1.29 is 29.6 Å². The zero-order valence-corrected chi connectivity index (χ0v) is 16.1. The summed E-state index contributed by atoms with van der Waals surface area (Å²) in [4.78, 5) is 11.7. The van der Waals surface area contributed by atoms with Crippen LogP contribution in [0.5, 0.6) is 0 Å². The highest BCUT2D eigenvalue weighted by Crippen LogP contribution is 2.13. The van der Waals surface area contributed by atoms with Crippen molar-refractivity contribution in [2.24, 2.45) is 5.92 Å². The van der Waals surface area contributed by atoms with Crippen LogP contribution in [0.25, 0.3) is 0 Å². The molecule has 1 unspecified atom stereocenters. The maximum Gasteiger partial charge on any atom is 0.323 e. The van der Waals surface area contributed by atoms with Gasteiger partial charge in [0.15, 0.2) is 6.29 Å². The third-order valence-electron chi connectivity index (χ3n) is 3.00. The number of likely N-dealkylation sites (N-methyl/N-ethyl adjacent to an activating group) is 1. The fraction of sp³-hybridized carbons (Fsp3) is 0.941. The van der Waals surface area contributed by atoms with Crippen LogP contribution in [-0.4, -0.2) is 61.4 Å². The fourth-order valence-corrected chi connectivity index (χ4v) is 1.98. The van der Waals surface area contributed by atoms with Crippen LogP contribution in [0.1, 0.15) is 53.9 Å². The minimum Gasteiger partial charge on any atom is -0.462 e. The molecule has 1 fully saturated rings. The fourth-order valence-electron chi connectivity index (χ4n) is 1.98. The van der Waals surface area contributed by atoms with E-state index in [4.69, 9.17) is 19.3 Å². The Morgan fingerprint density at radius 2 is 1.88 bits per heavy atom. The third kappa shape index (κ3) is 14.8. The molecule has 1 heterocycles. The number of rotatable bonds is 7. The molecule has 0 bridgehead atoms. The summed E-state index contributed by atoms with van der Waals surface area (Å²) in [7, 11) is 1.76. The van der Waals surface area contributed by atoms with Gasteiger partial charge in [0, 0.05) is 6.61 Å². The zero-order valence-electron chi connectivity index (χ0n) is 16.1. The number of hydrogen-bond donors (Lipinski definition) is 2. The van der Waals surface area contributed by atoms with Crippen molar-refractivity contribution in [3.05, 3.63) is 0 Å². The van der Waals surface area contributed by atoms with Gasteiger partial charge in [-0.05, 0) is 53.0 Å². The van der Waals surface area contributed by atoms with E-state index in [1.165, 1.54) is 0 Å². The monoisotopic (exact) mass is 351 g/mol. The first-order chi connectivity index (χ1) is 10.6. The van der Waals surface area contributed by atoms with E-state index in [1.54, 1.807) is 27.8 Å². The molecule has 1 saturated heterocycles. The molecule has 0 aromatic heterocycles. The molecule has 4 N–H and O–H groups in total. The standard InChI is InChI=1S/C13H25NO4.C4H10O.H2O/c1-10(2)12(14-3)13(15)18-9-8-17-11-6-4-5-7-16-11;1-4(2,3)5;/h10-12,14H,4-9H2,1-3H3;5H,1-3H3;1H2/t11?,12-;;/m0../s1. The highest BCUT2D eigenvalue weighted by Gasteiger charge is 2.21. The molecular weight excluding hydrogens is 314 g/mol. The average Bonchev–Trinajstić information content (AvgIpc) is 2.43. The van der Waals surface area contributed by atoms with Crippen LogP contribution >= 0.6 is 0 Å². The molecule has 0 radical (unpaired) electrons. The van der Waals surface area contributed by atoms with Crippen molar-refractivity contribution >= 4 is 5.97 Å². The summed E-state index contributed by atoms with van der Waals surface area (Å²) in [6.07, 6.45) is 3.05. The van der Waals surface area contributed by atoms with E-state index in [0.717, 1.165) is 25.9 Å². The molecule has 24 heavy (non-hydrogen) atoms. The highest BCUT2D eigenvalue weighted by atomic mass is 16.7. The highest BCUT2D eigenvalue weighted by molar-refractivity contribution is 5.76. The number of esters is 1. The Balaban J connectivity index is 0. The normalized spacial score (nSPS) is 18.9. The summed E-state index contributed by atoms with van der Waals surface area (Å²) in [5, 5.41) is 11.5. The molecule has 7 nitrogen and oxygen atoms in total. The first kappa shape index (κ1) is 25.5. The molecule has 7 heteroatoms. The lowest BCUT2D eigenvalue weighted by atomic mass is 10.1. The quantitative estimate of drug-likeness (QED) is 0.528. The van der Waals surface area contributed by atoms with E-state index in [1.807, 2.05) is 13.8 Å². The first-order valence-electron chi connectivity index (χ1n) is 8.44. The second kappa shape index (κ2) is 13.5. The number of hydrogen-bond acceptors (Lipinski definition) is 6. The van der Waals surface area contributed by atoms with Crippen LogP contribution < -0.4 is 5.32 Å². The van der Waals surface area contributed by atoms with Crippen LogP contribution in [0.15, 0.2) is 0 Å². The van der Waals surface area contributed by atoms with Crippen molar-refractivity contribution in [3.63, 3.8) is 0 Å². The predicted octanol–water partition coefficient (Wildman–Crippen LogP) is 1.27. The molecule has 1 rings (SSSR count). The predicted molar refractivity (Wildman–Crippen MR) is 93.8 cm³/mol. The lowest BCUT2D eigenvalue weighted by Gasteiger charge is -2.23. The number of nitrogens with one attached hydrogen (secondary N) is 1. The van der Waals surface area contributed by atoms with Crippen molar-refractivity contribution in [1.82, 2.24) is 5.32 Å². The molecule has 1 aliphatic rings. The van der Waals surface area contributed by atoms with Crippen LogP contribution in [0.3, 0.4) is 0 Å². The minimum atomic E-state index is -0.500. The van der Waals surface area contributed by atoms with Gasteiger partial charge in [-0.1, -0.05) is 13.8 Å². The molecule has 146 valence electrons. The Labute approximate surface area is 146 Å². The van der Waals surface area contributed by atoms with E-state index < -0.39 is 5.60 Å². The van der Waals surface area contributed by atoms with E-state index in [0.29, 0.717) is 6.61 Å². The van der Waals surface area contributed by atoms with Gasteiger partial charge < -0.3 is 30.1 Å². The second-order valence-corrected chi connectivity index (χ2v) is 7.02. The van der Waals surface area contributed by atoms with Crippen molar-refractivity contribution in [1.29, 1.82) is 0 Å². The van der Waals surface area contributed by atoms with Gasteiger partial charge in [-0.3, -0.25) is 4.79 Å². The van der Waals surface area contributed by atoms with Gasteiger partial charge in [-0.25, -0.2) is 0 Å². The topological polar surface area (TPSA) is 109 Å². The Morgan fingerprint density at radius 1 is 1.29 bits per heavy atom. The minimum absolute atomic E-state index is 0. The lowest BCUT2D eigenvalue weighted by Crippen LogP contribution is -2.40. The van der Waals surface area contributed by atoms with Gasteiger partial charge in [0.05, 0.1) is 12.2 Å². The van der Waals surface area contributed by atoms with Crippen LogP contribution in [0.4, 0.5) is 0 Å². The molecule has 0 aromatic carbocycles. The molecule has 0 aromatic rings. The Bertz CT molecular complexity index is 305. The number of aliphatic hydroxyl groups is 1. The van der Waals surface area contributed by atoms with E-state index in [9.17, 15) is 4.79 Å². The maximum absolute atomic E-state index is 11.7. The first-order valence-corrected chi connectivity index (χ1v) is 8.44. The van der Waals surface area contributed by atoms with Gasteiger partial charge in [-0.15, -0.1) is 0 Å². The van der Waals surface area contributed by atoms with E-state index in [2.05, 4.69) is 5.32 Å². The van der Waals surface area contributed by atoms with Crippen molar-refractivity contribution in [2.75, 3.05) is 26.9 Å². The maximum atomic E-state index is 11.7. The van der Waals surface area contributed by atoms with Gasteiger partial charge in [0.2, 0.25) is 0 Å². The van der Waals surface area contributed by atoms with E-state index >= 15 is 0 Å². The summed E-state index contributed by atoms with van der Waals surface area (Å²) in [6.45, 7) is 10.6. The summed E-state index contributed by atoms with van der Waals surface area (Å²) in [6, 6.07) is -0.254. The lowest BCUT2D eigenvalue weighted by molar-refractivity contribution is -0.174. The third-order valence-corrected chi connectivity index (χ3v) is 3.00. The van der Waals surface area contributed by atoms with Crippen LogP contribution in [0, 0.1) is 5.92 Å². The SMILES string of the molecule is CC(C)(C)O.CN[C@H](C(=O)OCCOC1CCCCO1)C(C)C.O. The van der Waals surface area contributed by atoms with Gasteiger partial charge in [0.1, 0.15) is 12.6 Å². The Hall–Kier alpha value is -0.730. The average molecular weight is 351 g/mol. The summed E-state index contributed by atoms with van der Waals surface area (Å²) >= 11 is 0. The van der Waals surface area contributed by atoms with Crippen LogP contribution in [-0.2, 0) is 19.0 Å². The van der Waals surface area contributed by atoms with Gasteiger partial charge in [0.25, 0.3) is 0 Å². The van der Waals surface area contributed by atoms with Crippen molar-refractivity contribution in [2.45, 2.75) is 71.8 Å². The van der Waals surface area contributed by atoms with Gasteiger partial charge >= 0.3 is 5.97 Å². The summed E-state index contributed by atoms with van der Waals surface area (Å²) < 4.78 is 16.1. The number of carbonyl (C=O) groups excluding carboxylic acids is 1. The second-order valence-electron chi connectivity index (χ2n) is 7.02. The number of carbonyl (C=O) groups is 1. The van der Waals surface area contributed by atoms with Gasteiger partial charge in [-0.2, -0.15) is 0 Å². The zero-order chi connectivity index (χ0) is 17.9. The molecule has 0 amide bonds.